The number of aliphatic imine (C=N–C) groups is 1. The number of guanidine groups is 1. The molecule has 0 aliphatic carbocycles. The average molecular weight is 440 g/mol. The summed E-state index contributed by atoms with van der Waals surface area (Å²) in [6, 6.07) is 0. The highest BCUT2D eigenvalue weighted by molar-refractivity contribution is 7.90. The van der Waals surface area contributed by atoms with E-state index in [4.69, 9.17) is 4.52 Å². The second-order valence-electron chi connectivity index (χ2n) is 7.08. The summed E-state index contributed by atoms with van der Waals surface area (Å²) in [6.45, 7) is 4.74. The molecule has 1 saturated heterocycles. The van der Waals surface area contributed by atoms with E-state index in [1.165, 1.54) is 0 Å². The Hall–Kier alpha value is -1.82. The molecular weight excluding hydrogens is 411 g/mol. The zero-order chi connectivity index (χ0) is 21.7. The van der Waals surface area contributed by atoms with Crippen LogP contribution in [-0.4, -0.2) is 62.6 Å². The van der Waals surface area contributed by atoms with Crippen LogP contribution < -0.4 is 10.6 Å². The third kappa shape index (κ3) is 6.08. The first-order valence-corrected chi connectivity index (χ1v) is 10.9. The van der Waals surface area contributed by atoms with Gasteiger partial charge in [-0.1, -0.05) is 5.16 Å². The molecule has 2 N–H and O–H groups in total. The number of alkyl halides is 3. The Bertz CT molecular complexity index is 780. The lowest BCUT2D eigenvalue weighted by atomic mass is 9.98. The molecule has 8 nitrogen and oxygen atoms in total. The summed E-state index contributed by atoms with van der Waals surface area (Å²) in [6.07, 6.45) is 2.42. The molecule has 29 heavy (non-hydrogen) atoms. The van der Waals surface area contributed by atoms with E-state index in [0.29, 0.717) is 36.2 Å². The maximum Gasteiger partial charge on any atom is 0.511 e. The van der Waals surface area contributed by atoms with Gasteiger partial charge in [0.1, 0.15) is 5.76 Å². The van der Waals surface area contributed by atoms with E-state index >= 15 is 0 Å². The fourth-order valence-electron chi connectivity index (χ4n) is 3.29. The number of rotatable bonds is 7. The van der Waals surface area contributed by atoms with Gasteiger partial charge in [0, 0.05) is 38.8 Å². The van der Waals surface area contributed by atoms with E-state index in [0.717, 1.165) is 29.9 Å². The van der Waals surface area contributed by atoms with Crippen LogP contribution in [0, 0.1) is 19.8 Å². The van der Waals surface area contributed by atoms with Gasteiger partial charge in [-0.25, -0.2) is 8.42 Å². The highest BCUT2D eigenvalue weighted by Gasteiger charge is 2.50. The minimum atomic E-state index is -5.24. The van der Waals surface area contributed by atoms with Crippen LogP contribution in [0.3, 0.4) is 0 Å². The van der Waals surface area contributed by atoms with E-state index in [2.05, 4.69) is 20.8 Å². The Morgan fingerprint density at radius 3 is 2.45 bits per heavy atom. The molecule has 1 fully saturated rings. The number of hydrogen-bond donors (Lipinski definition) is 2. The van der Waals surface area contributed by atoms with Gasteiger partial charge in [-0.05, 0) is 45.4 Å². The van der Waals surface area contributed by atoms with Gasteiger partial charge in [0.15, 0.2) is 5.96 Å². The Labute approximate surface area is 169 Å². The van der Waals surface area contributed by atoms with Crippen LogP contribution in [0.25, 0.3) is 0 Å². The SMILES string of the molecule is CN=C(NCCCc1c(C)noc1C)NCC1CCN(S(=O)(=O)C(F)(F)F)CC1. The van der Waals surface area contributed by atoms with Crippen LogP contribution in [0.4, 0.5) is 13.2 Å². The van der Waals surface area contributed by atoms with E-state index < -0.39 is 15.5 Å². The first-order chi connectivity index (χ1) is 13.6. The summed E-state index contributed by atoms with van der Waals surface area (Å²) in [5, 5.41) is 10.3. The van der Waals surface area contributed by atoms with Crippen LogP contribution in [-0.2, 0) is 16.4 Å². The standard InChI is InChI=1S/C17H28F3N5O3S/c1-12-15(13(2)28-24-12)5-4-8-22-16(21-3)23-11-14-6-9-25(10-7-14)29(26,27)17(18,19)20/h14H,4-11H2,1-3H3,(H2,21,22,23). The highest BCUT2D eigenvalue weighted by Crippen LogP contribution is 2.30. The van der Waals surface area contributed by atoms with Gasteiger partial charge in [0.2, 0.25) is 0 Å². The number of aromatic nitrogens is 1. The van der Waals surface area contributed by atoms with E-state index in [1.54, 1.807) is 7.05 Å². The van der Waals surface area contributed by atoms with E-state index in [1.807, 2.05) is 13.8 Å². The molecule has 1 aliphatic heterocycles. The molecule has 2 rings (SSSR count). The summed E-state index contributed by atoms with van der Waals surface area (Å²) >= 11 is 0. The number of halogens is 3. The van der Waals surface area contributed by atoms with Crippen molar-refractivity contribution in [3.05, 3.63) is 17.0 Å². The molecule has 0 radical (unpaired) electrons. The molecule has 0 aromatic carbocycles. The number of piperidine rings is 1. The zero-order valence-corrected chi connectivity index (χ0v) is 17.7. The number of nitrogens with one attached hydrogen (secondary N) is 2. The van der Waals surface area contributed by atoms with Gasteiger partial charge in [0.05, 0.1) is 5.69 Å². The third-order valence-corrected chi connectivity index (χ3v) is 6.69. The molecular formula is C17H28F3N5O3S. The lowest BCUT2D eigenvalue weighted by molar-refractivity contribution is -0.0496. The molecule has 0 spiro atoms. The smallest absolute Gasteiger partial charge is 0.361 e. The predicted octanol–water partition coefficient (Wildman–Crippen LogP) is 1.95. The summed E-state index contributed by atoms with van der Waals surface area (Å²) < 4.78 is 66.4. The molecule has 0 saturated carbocycles. The second-order valence-corrected chi connectivity index (χ2v) is 9.01. The monoisotopic (exact) mass is 439 g/mol. The van der Waals surface area contributed by atoms with Crippen molar-refractivity contribution in [2.24, 2.45) is 10.9 Å². The normalized spacial score (nSPS) is 17.5. The van der Waals surface area contributed by atoms with Crippen LogP contribution in [0.15, 0.2) is 9.52 Å². The van der Waals surface area contributed by atoms with Crippen molar-refractivity contribution in [3.8, 4) is 0 Å². The van der Waals surface area contributed by atoms with E-state index in [9.17, 15) is 21.6 Å². The average Bonchev–Trinajstić information content (AvgIpc) is 2.98. The van der Waals surface area contributed by atoms with Crippen LogP contribution in [0.2, 0.25) is 0 Å². The van der Waals surface area contributed by atoms with Crippen molar-refractivity contribution in [1.29, 1.82) is 0 Å². The molecule has 0 unspecified atom stereocenters. The van der Waals surface area contributed by atoms with Gasteiger partial charge < -0.3 is 15.2 Å². The number of hydrogen-bond acceptors (Lipinski definition) is 5. The number of sulfonamides is 1. The highest BCUT2D eigenvalue weighted by atomic mass is 32.2. The summed E-state index contributed by atoms with van der Waals surface area (Å²) in [5.41, 5.74) is -3.24. The van der Waals surface area contributed by atoms with Crippen molar-refractivity contribution in [3.63, 3.8) is 0 Å². The maximum absolute atomic E-state index is 12.6. The quantitative estimate of drug-likeness (QED) is 0.383. The van der Waals surface area contributed by atoms with Crippen LogP contribution >= 0.6 is 0 Å². The molecule has 1 aliphatic rings. The van der Waals surface area contributed by atoms with Crippen LogP contribution in [0.1, 0.15) is 36.3 Å². The summed E-state index contributed by atoms with van der Waals surface area (Å²) in [4.78, 5) is 4.14. The largest absolute Gasteiger partial charge is 0.511 e. The molecule has 166 valence electrons. The molecule has 0 bridgehead atoms. The topological polar surface area (TPSA) is 99.8 Å². The summed E-state index contributed by atoms with van der Waals surface area (Å²) in [5.74, 6) is 1.51. The molecule has 1 aromatic rings. The molecule has 12 heteroatoms. The van der Waals surface area contributed by atoms with Crippen molar-refractivity contribution >= 4 is 16.0 Å². The maximum atomic E-state index is 12.6. The van der Waals surface area contributed by atoms with Gasteiger partial charge in [-0.2, -0.15) is 17.5 Å². The lowest BCUT2D eigenvalue weighted by Crippen LogP contribution is -2.47. The van der Waals surface area contributed by atoms with Crippen molar-refractivity contribution in [2.75, 3.05) is 33.2 Å². The third-order valence-electron chi connectivity index (χ3n) is 5.06. The number of aryl methyl sites for hydroxylation is 2. The van der Waals surface area contributed by atoms with E-state index in [-0.39, 0.29) is 19.0 Å². The Morgan fingerprint density at radius 2 is 1.93 bits per heavy atom. The molecule has 2 heterocycles. The van der Waals surface area contributed by atoms with Gasteiger partial charge in [0.25, 0.3) is 0 Å². The summed E-state index contributed by atoms with van der Waals surface area (Å²) in [7, 11) is -3.59. The van der Waals surface area contributed by atoms with Crippen molar-refractivity contribution in [2.45, 2.75) is 45.0 Å². The van der Waals surface area contributed by atoms with Gasteiger partial charge in [-0.3, -0.25) is 4.99 Å². The minimum absolute atomic E-state index is 0.0792. The van der Waals surface area contributed by atoms with Crippen molar-refractivity contribution in [1.82, 2.24) is 20.1 Å². The Kier molecular flexibility index (Phi) is 7.92. The fourth-order valence-corrected chi connectivity index (χ4v) is 4.28. The fraction of sp³-hybridized carbons (Fsp3) is 0.765. The zero-order valence-electron chi connectivity index (χ0n) is 16.8. The molecule has 0 atom stereocenters. The Balaban J connectivity index is 1.70. The number of nitrogens with zero attached hydrogens (tertiary/aromatic N) is 3. The van der Waals surface area contributed by atoms with Gasteiger partial charge in [-0.15, -0.1) is 0 Å². The molecule has 1 aromatic heterocycles. The predicted molar refractivity (Wildman–Crippen MR) is 103 cm³/mol. The molecule has 0 amide bonds. The Morgan fingerprint density at radius 1 is 1.28 bits per heavy atom. The van der Waals surface area contributed by atoms with Crippen LogP contribution in [0.5, 0.6) is 0 Å². The first-order valence-electron chi connectivity index (χ1n) is 9.49. The first kappa shape index (κ1) is 23.5. The lowest BCUT2D eigenvalue weighted by Gasteiger charge is -2.31. The second kappa shape index (κ2) is 9.79. The van der Waals surface area contributed by atoms with Gasteiger partial charge >= 0.3 is 15.5 Å². The minimum Gasteiger partial charge on any atom is -0.361 e. The van der Waals surface area contributed by atoms with Crippen molar-refractivity contribution < 1.29 is 26.1 Å².